The van der Waals surface area contributed by atoms with Gasteiger partial charge in [-0.05, 0) is 65.4 Å². The van der Waals surface area contributed by atoms with Gasteiger partial charge in [0.05, 0.1) is 0 Å². The quantitative estimate of drug-likeness (QED) is 0.468. The van der Waals surface area contributed by atoms with Crippen LogP contribution in [0.5, 0.6) is 0 Å². The molecule has 0 heterocycles. The summed E-state index contributed by atoms with van der Waals surface area (Å²) in [5, 5.41) is 0. The molecule has 0 N–H and O–H groups in total. The molecule has 0 nitrogen and oxygen atoms in total. The average molecular weight is 326 g/mol. The standard InChI is InChI=1S/C14H34P4/c1-10-11-12-13(15(2)3)14(16(4)5,17(6)7)18(8)9/h13H,10-12H2,1-9H3. The summed E-state index contributed by atoms with van der Waals surface area (Å²) in [6.07, 6.45) is 4.27. The van der Waals surface area contributed by atoms with E-state index in [0.717, 1.165) is 5.66 Å². The third-order valence-electron chi connectivity index (χ3n) is 3.88. The lowest BCUT2D eigenvalue weighted by molar-refractivity contribution is 0.685. The third-order valence-corrected chi connectivity index (χ3v) is 18.5. The molecular weight excluding hydrogens is 292 g/mol. The molecule has 0 spiro atoms. The summed E-state index contributed by atoms with van der Waals surface area (Å²) in [5.41, 5.74) is 1.01. The fraction of sp³-hybridized carbons (Fsp3) is 1.00. The van der Waals surface area contributed by atoms with Crippen LogP contribution in [0.2, 0.25) is 0 Å². The van der Waals surface area contributed by atoms with E-state index >= 15 is 0 Å². The van der Waals surface area contributed by atoms with Crippen LogP contribution in [0.4, 0.5) is 0 Å². The molecule has 0 fully saturated rings. The van der Waals surface area contributed by atoms with Crippen LogP contribution in [0.3, 0.4) is 0 Å². The fourth-order valence-electron chi connectivity index (χ4n) is 3.29. The zero-order valence-electron chi connectivity index (χ0n) is 14.0. The van der Waals surface area contributed by atoms with Crippen molar-refractivity contribution in [2.45, 2.75) is 36.5 Å². The molecule has 0 saturated carbocycles. The summed E-state index contributed by atoms with van der Waals surface area (Å²) in [6.45, 7) is 22.7. The second kappa shape index (κ2) is 8.89. The zero-order valence-corrected chi connectivity index (χ0v) is 17.6. The van der Waals surface area contributed by atoms with Gasteiger partial charge >= 0.3 is 0 Å². The summed E-state index contributed by atoms with van der Waals surface area (Å²) >= 11 is 0. The van der Waals surface area contributed by atoms with Crippen molar-refractivity contribution in [1.29, 1.82) is 0 Å². The summed E-state index contributed by atoms with van der Waals surface area (Å²) in [6, 6.07) is 0. The van der Waals surface area contributed by atoms with Crippen molar-refractivity contribution in [2.75, 3.05) is 53.3 Å². The van der Waals surface area contributed by atoms with Crippen LogP contribution in [0.15, 0.2) is 0 Å². The summed E-state index contributed by atoms with van der Waals surface area (Å²) in [5.74, 6) is 0. The Kier molecular flexibility index (Phi) is 9.73. The van der Waals surface area contributed by atoms with Gasteiger partial charge in [0.1, 0.15) is 0 Å². The van der Waals surface area contributed by atoms with Gasteiger partial charge in [-0.3, -0.25) is 0 Å². The highest BCUT2D eigenvalue weighted by molar-refractivity contribution is 7.93. The molecule has 0 amide bonds. The van der Waals surface area contributed by atoms with Crippen LogP contribution in [-0.4, -0.2) is 63.6 Å². The fourth-order valence-corrected chi connectivity index (χ4v) is 20.6. The van der Waals surface area contributed by atoms with E-state index in [-0.39, 0.29) is 31.7 Å². The van der Waals surface area contributed by atoms with Crippen LogP contribution in [-0.2, 0) is 0 Å². The lowest BCUT2D eigenvalue weighted by Crippen LogP contribution is -2.35. The first-order valence-corrected chi connectivity index (χ1v) is 15.9. The maximum absolute atomic E-state index is 2.55. The molecular formula is C14H34P4. The Morgan fingerprint density at radius 1 is 0.778 bits per heavy atom. The smallest absolute Gasteiger partial charge is 0.0351 e. The molecule has 18 heavy (non-hydrogen) atoms. The topological polar surface area (TPSA) is 0 Å². The molecule has 4 heteroatoms. The Balaban J connectivity index is 5.46. The van der Waals surface area contributed by atoms with E-state index in [1.54, 1.807) is 0 Å². The van der Waals surface area contributed by atoms with Gasteiger partial charge in [0.25, 0.3) is 0 Å². The van der Waals surface area contributed by atoms with E-state index in [1.165, 1.54) is 19.3 Å². The van der Waals surface area contributed by atoms with Crippen molar-refractivity contribution in [3.8, 4) is 0 Å². The Bertz CT molecular complexity index is 202. The number of rotatable bonds is 8. The van der Waals surface area contributed by atoms with Crippen molar-refractivity contribution in [3.63, 3.8) is 0 Å². The van der Waals surface area contributed by atoms with Gasteiger partial charge in [-0.1, -0.05) is 43.5 Å². The van der Waals surface area contributed by atoms with Crippen LogP contribution >= 0.6 is 31.7 Å². The molecule has 0 rings (SSSR count). The first-order chi connectivity index (χ1) is 8.22. The largest absolute Gasteiger partial charge is 0.108 e. The van der Waals surface area contributed by atoms with Crippen LogP contribution in [0, 0.1) is 0 Å². The molecule has 0 aromatic rings. The number of hydrogen-bond donors (Lipinski definition) is 0. The first kappa shape index (κ1) is 19.7. The minimum Gasteiger partial charge on any atom is -0.108 e. The van der Waals surface area contributed by atoms with Gasteiger partial charge in [0.2, 0.25) is 0 Å². The predicted octanol–water partition coefficient (Wildman–Crippen LogP) is 6.17. The van der Waals surface area contributed by atoms with Gasteiger partial charge < -0.3 is 0 Å². The second-order valence-corrected chi connectivity index (χ2v) is 17.1. The number of hydrogen-bond acceptors (Lipinski definition) is 0. The van der Waals surface area contributed by atoms with Crippen molar-refractivity contribution in [1.82, 2.24) is 0 Å². The SMILES string of the molecule is CCCCC(P(C)C)C(P(C)C)(P(C)C)P(C)C. The van der Waals surface area contributed by atoms with E-state index < -0.39 is 0 Å². The molecule has 0 bridgehead atoms. The Morgan fingerprint density at radius 2 is 1.17 bits per heavy atom. The van der Waals surface area contributed by atoms with Gasteiger partial charge in [0, 0.05) is 4.64 Å². The maximum Gasteiger partial charge on any atom is 0.0351 e. The van der Waals surface area contributed by atoms with Crippen LogP contribution < -0.4 is 0 Å². The summed E-state index contributed by atoms with van der Waals surface area (Å²) in [7, 11) is 0.663. The molecule has 0 radical (unpaired) electrons. The van der Waals surface area contributed by atoms with E-state index in [0.29, 0.717) is 4.64 Å². The lowest BCUT2D eigenvalue weighted by Gasteiger charge is -2.53. The van der Waals surface area contributed by atoms with E-state index in [9.17, 15) is 0 Å². The van der Waals surface area contributed by atoms with Crippen molar-refractivity contribution in [3.05, 3.63) is 0 Å². The van der Waals surface area contributed by atoms with Crippen LogP contribution in [0.25, 0.3) is 0 Å². The van der Waals surface area contributed by atoms with Crippen molar-refractivity contribution < 1.29 is 0 Å². The Morgan fingerprint density at radius 3 is 1.39 bits per heavy atom. The molecule has 0 aliphatic heterocycles. The average Bonchev–Trinajstić information content (AvgIpc) is 2.21. The predicted molar refractivity (Wildman–Crippen MR) is 101 cm³/mol. The number of unbranched alkanes of at least 4 members (excludes halogenated alkanes) is 1. The highest BCUT2D eigenvalue weighted by Gasteiger charge is 2.47. The molecule has 0 aliphatic carbocycles. The van der Waals surface area contributed by atoms with Crippen molar-refractivity contribution >= 4 is 31.7 Å². The summed E-state index contributed by atoms with van der Waals surface area (Å²) in [4.78, 5) is 0. The summed E-state index contributed by atoms with van der Waals surface area (Å²) < 4.78 is 0.713. The van der Waals surface area contributed by atoms with Gasteiger partial charge in [-0.2, -0.15) is 0 Å². The van der Waals surface area contributed by atoms with E-state index in [2.05, 4.69) is 60.2 Å². The molecule has 0 saturated heterocycles. The van der Waals surface area contributed by atoms with Crippen LogP contribution in [0.1, 0.15) is 26.2 Å². The van der Waals surface area contributed by atoms with Gasteiger partial charge in [-0.25, -0.2) is 0 Å². The third kappa shape index (κ3) is 4.36. The molecule has 1 atom stereocenters. The maximum atomic E-state index is 2.55. The highest BCUT2D eigenvalue weighted by atomic mass is 31.2. The molecule has 110 valence electrons. The molecule has 0 aliphatic rings. The Hall–Kier alpha value is 1.72. The van der Waals surface area contributed by atoms with E-state index in [1.807, 2.05) is 0 Å². The van der Waals surface area contributed by atoms with Crippen molar-refractivity contribution in [2.24, 2.45) is 0 Å². The zero-order chi connectivity index (χ0) is 14.5. The molecule has 1 unspecified atom stereocenters. The minimum atomic E-state index is 0.158. The monoisotopic (exact) mass is 326 g/mol. The van der Waals surface area contributed by atoms with E-state index in [4.69, 9.17) is 0 Å². The molecule has 0 aromatic carbocycles. The molecule has 0 aromatic heterocycles. The second-order valence-electron chi connectivity index (χ2n) is 5.99. The minimum absolute atomic E-state index is 0.158. The Labute approximate surface area is 121 Å². The first-order valence-electron chi connectivity index (χ1n) is 6.91. The van der Waals surface area contributed by atoms with Gasteiger partial charge in [-0.15, -0.1) is 7.92 Å². The normalized spacial score (nSPS) is 15.2. The lowest BCUT2D eigenvalue weighted by atomic mass is 10.2. The highest BCUT2D eigenvalue weighted by Crippen LogP contribution is 2.79. The van der Waals surface area contributed by atoms with Gasteiger partial charge in [0.15, 0.2) is 0 Å².